The zero-order valence-corrected chi connectivity index (χ0v) is 15.4. The minimum absolute atomic E-state index is 0.0962. The zero-order valence-electron chi connectivity index (χ0n) is 14.5. The number of hydrogen-bond donors (Lipinski definition) is 2. The highest BCUT2D eigenvalue weighted by molar-refractivity contribution is 7.89. The van der Waals surface area contributed by atoms with Crippen LogP contribution in [0.4, 0.5) is 5.69 Å². The summed E-state index contributed by atoms with van der Waals surface area (Å²) < 4.78 is 33.1. The second-order valence-corrected chi connectivity index (χ2v) is 8.44. The molecule has 1 aromatic heterocycles. The van der Waals surface area contributed by atoms with Crippen molar-refractivity contribution < 1.29 is 17.9 Å². The summed E-state index contributed by atoms with van der Waals surface area (Å²) in [6, 6.07) is 9.71. The average Bonchev–Trinajstić information content (AvgIpc) is 3.05. The highest BCUT2D eigenvalue weighted by Gasteiger charge is 2.44. The van der Waals surface area contributed by atoms with Crippen LogP contribution in [0, 0.1) is 0 Å². The molecular formula is C18H20N4O4S. The lowest BCUT2D eigenvalue weighted by atomic mass is 10.2. The lowest BCUT2D eigenvalue weighted by molar-refractivity contribution is -0.120. The topological polar surface area (TPSA) is 101 Å². The van der Waals surface area contributed by atoms with Crippen LogP contribution < -0.4 is 15.4 Å². The summed E-state index contributed by atoms with van der Waals surface area (Å²) in [5, 5.41) is 5.89. The molecule has 2 aliphatic rings. The van der Waals surface area contributed by atoms with E-state index in [1.165, 1.54) is 4.31 Å². The number of amides is 1. The summed E-state index contributed by atoms with van der Waals surface area (Å²) in [6.07, 6.45) is 3.81. The molecule has 1 amide bonds. The van der Waals surface area contributed by atoms with Crippen LogP contribution in [0.1, 0.15) is 6.42 Å². The van der Waals surface area contributed by atoms with Crippen molar-refractivity contribution in [3.63, 3.8) is 0 Å². The lowest BCUT2D eigenvalue weighted by Gasteiger charge is -2.19. The molecule has 0 saturated carbocycles. The molecule has 1 aromatic carbocycles. The van der Waals surface area contributed by atoms with E-state index in [0.717, 1.165) is 5.69 Å². The molecule has 9 heteroatoms. The van der Waals surface area contributed by atoms with E-state index in [1.54, 1.807) is 42.7 Å². The predicted octanol–water partition coefficient (Wildman–Crippen LogP) is 0.834. The third kappa shape index (κ3) is 3.60. The number of benzene rings is 1. The maximum atomic E-state index is 13.0. The minimum atomic E-state index is -3.65. The van der Waals surface area contributed by atoms with E-state index in [1.807, 2.05) is 6.07 Å². The molecule has 2 aliphatic heterocycles. The zero-order chi connectivity index (χ0) is 18.9. The van der Waals surface area contributed by atoms with E-state index in [0.29, 0.717) is 12.2 Å². The number of ether oxygens (including phenoxy) is 1. The minimum Gasteiger partial charge on any atom is -0.490 e. The molecule has 0 aliphatic carbocycles. The molecule has 0 spiro atoms. The smallest absolute Gasteiger partial charge is 0.247 e. The fourth-order valence-corrected chi connectivity index (χ4v) is 5.26. The van der Waals surface area contributed by atoms with E-state index in [9.17, 15) is 13.2 Å². The third-order valence-corrected chi connectivity index (χ3v) is 6.67. The van der Waals surface area contributed by atoms with Crippen molar-refractivity contribution in [2.45, 2.75) is 23.4 Å². The maximum absolute atomic E-state index is 13.0. The van der Waals surface area contributed by atoms with Gasteiger partial charge in [-0.3, -0.25) is 9.78 Å². The monoisotopic (exact) mass is 388 g/mol. The van der Waals surface area contributed by atoms with Gasteiger partial charge in [-0.25, -0.2) is 8.42 Å². The van der Waals surface area contributed by atoms with Crippen molar-refractivity contribution in [1.29, 1.82) is 0 Å². The van der Waals surface area contributed by atoms with Gasteiger partial charge in [-0.15, -0.1) is 0 Å². The number of hydrogen-bond acceptors (Lipinski definition) is 6. The first-order chi connectivity index (χ1) is 13.0. The summed E-state index contributed by atoms with van der Waals surface area (Å²) in [5.41, 5.74) is 0.751. The number of anilines is 1. The molecule has 0 unspecified atom stereocenters. The van der Waals surface area contributed by atoms with Gasteiger partial charge in [-0.2, -0.15) is 4.31 Å². The Morgan fingerprint density at radius 1 is 1.26 bits per heavy atom. The SMILES string of the molecule is O=C(CNc1cccnc1)N[C@H]1C[C@H]2COc3ccccc3S(=O)(=O)N2C1. The van der Waals surface area contributed by atoms with Crippen LogP contribution in [0.25, 0.3) is 0 Å². The highest BCUT2D eigenvalue weighted by Crippen LogP contribution is 2.35. The Hall–Kier alpha value is -2.65. The Morgan fingerprint density at radius 3 is 2.93 bits per heavy atom. The molecule has 2 N–H and O–H groups in total. The second-order valence-electron chi connectivity index (χ2n) is 6.58. The fraction of sp³-hybridized carbons (Fsp3) is 0.333. The van der Waals surface area contributed by atoms with Gasteiger partial charge in [0.2, 0.25) is 15.9 Å². The molecule has 0 bridgehead atoms. The molecule has 3 heterocycles. The van der Waals surface area contributed by atoms with Crippen molar-refractivity contribution in [2.75, 3.05) is 25.0 Å². The lowest BCUT2D eigenvalue weighted by Crippen LogP contribution is -2.41. The molecule has 27 heavy (non-hydrogen) atoms. The van der Waals surface area contributed by atoms with Gasteiger partial charge in [0.25, 0.3) is 0 Å². The second kappa shape index (κ2) is 7.16. The first-order valence-electron chi connectivity index (χ1n) is 8.71. The predicted molar refractivity (Wildman–Crippen MR) is 98.9 cm³/mol. The van der Waals surface area contributed by atoms with Gasteiger partial charge in [-0.1, -0.05) is 12.1 Å². The number of carbonyl (C=O) groups is 1. The maximum Gasteiger partial charge on any atom is 0.247 e. The van der Waals surface area contributed by atoms with Crippen molar-refractivity contribution in [2.24, 2.45) is 0 Å². The van der Waals surface area contributed by atoms with Crippen LogP contribution in [0.5, 0.6) is 5.75 Å². The summed E-state index contributed by atoms with van der Waals surface area (Å²) in [7, 11) is -3.65. The number of nitrogens with zero attached hydrogens (tertiary/aromatic N) is 2. The number of rotatable bonds is 4. The van der Waals surface area contributed by atoms with Gasteiger partial charge >= 0.3 is 0 Å². The number of nitrogens with one attached hydrogen (secondary N) is 2. The van der Waals surface area contributed by atoms with E-state index in [-0.39, 0.29) is 42.6 Å². The number of fused-ring (bicyclic) bond motifs is 2. The largest absolute Gasteiger partial charge is 0.490 e. The Kier molecular flexibility index (Phi) is 4.71. The summed E-state index contributed by atoms with van der Waals surface area (Å²) in [4.78, 5) is 16.4. The number of sulfonamides is 1. The molecule has 8 nitrogen and oxygen atoms in total. The molecule has 2 atom stereocenters. The van der Waals surface area contributed by atoms with Crippen molar-refractivity contribution in [3.05, 3.63) is 48.8 Å². The van der Waals surface area contributed by atoms with Crippen LogP contribution in [-0.2, 0) is 14.8 Å². The van der Waals surface area contributed by atoms with E-state index in [2.05, 4.69) is 15.6 Å². The molecule has 4 rings (SSSR count). The number of carbonyl (C=O) groups excluding carboxylic acids is 1. The fourth-order valence-electron chi connectivity index (χ4n) is 3.46. The Bertz CT molecular complexity index is 935. The van der Waals surface area contributed by atoms with Gasteiger partial charge in [0.05, 0.1) is 18.3 Å². The van der Waals surface area contributed by atoms with Gasteiger partial charge in [0.1, 0.15) is 17.3 Å². The van der Waals surface area contributed by atoms with Gasteiger partial charge in [0, 0.05) is 25.0 Å². The average molecular weight is 388 g/mol. The molecule has 142 valence electrons. The van der Waals surface area contributed by atoms with E-state index < -0.39 is 10.0 Å². The van der Waals surface area contributed by atoms with E-state index in [4.69, 9.17) is 4.74 Å². The first-order valence-corrected chi connectivity index (χ1v) is 10.1. The highest BCUT2D eigenvalue weighted by atomic mass is 32.2. The molecule has 2 aromatic rings. The molecule has 0 radical (unpaired) electrons. The summed E-state index contributed by atoms with van der Waals surface area (Å²) in [6.45, 7) is 0.610. The number of para-hydroxylation sites is 1. The van der Waals surface area contributed by atoms with Crippen LogP contribution in [0.2, 0.25) is 0 Å². The standard InChI is InChI=1S/C18H20N4O4S/c23-18(10-20-13-4-3-7-19-9-13)21-14-8-15-12-26-16-5-1-2-6-17(16)27(24,25)22(15)11-14/h1-7,9,14-15,20H,8,10-12H2,(H,21,23)/t14-,15-/m0/s1. The Balaban J connectivity index is 1.41. The van der Waals surface area contributed by atoms with Gasteiger partial charge in [0.15, 0.2) is 0 Å². The Labute approximate surface area is 157 Å². The van der Waals surface area contributed by atoms with Crippen LogP contribution in [0.15, 0.2) is 53.7 Å². The normalized spacial score (nSPS) is 23.4. The Morgan fingerprint density at radius 2 is 2.11 bits per heavy atom. The van der Waals surface area contributed by atoms with Crippen molar-refractivity contribution in [3.8, 4) is 5.75 Å². The third-order valence-electron chi connectivity index (χ3n) is 4.71. The summed E-state index contributed by atoms with van der Waals surface area (Å²) in [5.74, 6) is 0.188. The van der Waals surface area contributed by atoms with Crippen molar-refractivity contribution >= 4 is 21.6 Å². The number of pyridine rings is 1. The van der Waals surface area contributed by atoms with Crippen molar-refractivity contribution in [1.82, 2.24) is 14.6 Å². The van der Waals surface area contributed by atoms with E-state index >= 15 is 0 Å². The van der Waals surface area contributed by atoms with Gasteiger partial charge in [-0.05, 0) is 30.7 Å². The first kappa shape index (κ1) is 17.7. The van der Waals surface area contributed by atoms with Gasteiger partial charge < -0.3 is 15.4 Å². The number of aromatic nitrogens is 1. The van der Waals surface area contributed by atoms with Crippen LogP contribution >= 0.6 is 0 Å². The summed E-state index contributed by atoms with van der Waals surface area (Å²) >= 11 is 0. The van der Waals surface area contributed by atoms with Crippen LogP contribution in [-0.4, -0.2) is 55.4 Å². The molecule has 1 fully saturated rings. The van der Waals surface area contributed by atoms with Crippen LogP contribution in [0.3, 0.4) is 0 Å². The molecular weight excluding hydrogens is 368 g/mol. The quantitative estimate of drug-likeness (QED) is 0.805. The molecule has 1 saturated heterocycles.